The van der Waals surface area contributed by atoms with Crippen LogP contribution in [-0.4, -0.2) is 17.4 Å². The van der Waals surface area contributed by atoms with Crippen molar-refractivity contribution >= 4 is 24.4 Å². The van der Waals surface area contributed by atoms with Crippen molar-refractivity contribution in [1.82, 2.24) is 0 Å². The van der Waals surface area contributed by atoms with Gasteiger partial charge in [-0.05, 0) is 35.4 Å². The van der Waals surface area contributed by atoms with Crippen molar-refractivity contribution < 1.29 is 14.7 Å². The van der Waals surface area contributed by atoms with Gasteiger partial charge in [0.25, 0.3) is 0 Å². The number of fused-ring (bicyclic) bond motifs is 2. The van der Waals surface area contributed by atoms with Crippen LogP contribution in [0.25, 0.3) is 0 Å². The van der Waals surface area contributed by atoms with E-state index >= 15 is 0 Å². The molecule has 0 amide bonds. The van der Waals surface area contributed by atoms with E-state index in [0.717, 1.165) is 17.1 Å². The normalized spacial score (nSPS) is 14.4. The fourth-order valence-electron chi connectivity index (χ4n) is 3.76. The van der Waals surface area contributed by atoms with E-state index in [2.05, 4.69) is 55.1 Å². The Morgan fingerprint density at radius 2 is 1.38 bits per heavy atom. The minimum Gasteiger partial charge on any atom is -0.512 e. The maximum absolute atomic E-state index is 9.11. The number of nitrogens with zero attached hydrogens (tertiary/aromatic N) is 1. The van der Waals surface area contributed by atoms with Crippen LogP contribution in [0.15, 0.2) is 72.8 Å². The molecule has 5 heteroatoms. The minimum absolute atomic E-state index is 0.112. The predicted octanol–water partition coefficient (Wildman–Crippen LogP) is 4.14. The van der Waals surface area contributed by atoms with Gasteiger partial charge in [0.2, 0.25) is 0 Å². The van der Waals surface area contributed by atoms with E-state index in [9.17, 15) is 0 Å². The Labute approximate surface area is 153 Å². The molecule has 0 radical (unpaired) electrons. The third-order valence-corrected chi connectivity index (χ3v) is 4.95. The fourth-order valence-corrected chi connectivity index (χ4v) is 3.76. The SMILES string of the molecule is CC1(C)c2ccccc2N(c2cccc(OB(O)O)c2)c2ccccc21. The van der Waals surface area contributed by atoms with Crippen LogP contribution in [0.3, 0.4) is 0 Å². The molecule has 0 spiro atoms. The molecule has 0 aromatic heterocycles. The number of benzene rings is 3. The molecule has 1 heterocycles. The molecule has 0 aliphatic carbocycles. The molecule has 4 rings (SSSR count). The summed E-state index contributed by atoms with van der Waals surface area (Å²) in [5, 5.41) is 18.2. The number of hydrogen-bond donors (Lipinski definition) is 2. The van der Waals surface area contributed by atoms with E-state index in [0.29, 0.717) is 5.75 Å². The quantitative estimate of drug-likeness (QED) is 0.701. The number of anilines is 3. The topological polar surface area (TPSA) is 52.9 Å². The lowest BCUT2D eigenvalue weighted by Crippen LogP contribution is -2.30. The highest BCUT2D eigenvalue weighted by atomic mass is 16.6. The third kappa shape index (κ3) is 2.66. The van der Waals surface area contributed by atoms with Crippen LogP contribution < -0.4 is 9.55 Å². The minimum atomic E-state index is -1.84. The molecule has 1 aliphatic rings. The Kier molecular flexibility index (Phi) is 3.98. The molecule has 0 saturated heterocycles. The van der Waals surface area contributed by atoms with Gasteiger partial charge in [-0.2, -0.15) is 0 Å². The summed E-state index contributed by atoms with van der Waals surface area (Å²) in [6, 6.07) is 24.1. The van der Waals surface area contributed by atoms with Crippen molar-refractivity contribution in [2.24, 2.45) is 0 Å². The summed E-state index contributed by atoms with van der Waals surface area (Å²) in [6.45, 7) is 4.48. The molecule has 0 atom stereocenters. The van der Waals surface area contributed by atoms with Gasteiger partial charge in [0.05, 0.1) is 11.4 Å². The second-order valence-corrected chi connectivity index (χ2v) is 6.94. The number of rotatable bonds is 3. The monoisotopic (exact) mass is 345 g/mol. The molecule has 0 unspecified atom stereocenters. The van der Waals surface area contributed by atoms with E-state index in [1.807, 2.05) is 30.3 Å². The van der Waals surface area contributed by atoms with Gasteiger partial charge in [0.1, 0.15) is 5.75 Å². The molecule has 4 nitrogen and oxygen atoms in total. The molecule has 0 bridgehead atoms. The Bertz CT molecular complexity index is 906. The summed E-state index contributed by atoms with van der Waals surface area (Å²) in [7, 11) is -1.84. The molecule has 0 fully saturated rings. The van der Waals surface area contributed by atoms with Gasteiger partial charge in [-0.25, -0.2) is 0 Å². The zero-order chi connectivity index (χ0) is 18.3. The van der Waals surface area contributed by atoms with Gasteiger partial charge in [-0.3, -0.25) is 0 Å². The molecule has 1 aliphatic heterocycles. The lowest BCUT2D eigenvalue weighted by Gasteiger charge is -2.42. The maximum atomic E-state index is 9.11. The smallest absolute Gasteiger partial charge is 0.512 e. The molecule has 3 aromatic rings. The zero-order valence-corrected chi connectivity index (χ0v) is 14.8. The fraction of sp³-hybridized carbons (Fsp3) is 0.143. The molecule has 0 saturated carbocycles. The molecular weight excluding hydrogens is 325 g/mol. The summed E-state index contributed by atoms with van der Waals surface area (Å²) >= 11 is 0. The standard InChI is InChI=1S/C21H20BNO3/c1-21(2)17-10-3-5-12-19(17)23(20-13-6-4-11-18(20)21)15-8-7-9-16(14-15)26-22(24)25/h3-14,24-25H,1-2H3. The highest BCUT2D eigenvalue weighted by Crippen LogP contribution is 2.51. The van der Waals surface area contributed by atoms with Crippen molar-refractivity contribution in [1.29, 1.82) is 0 Å². The van der Waals surface area contributed by atoms with Crippen LogP contribution in [0.4, 0.5) is 17.1 Å². The van der Waals surface area contributed by atoms with Crippen LogP contribution >= 0.6 is 0 Å². The third-order valence-electron chi connectivity index (χ3n) is 4.95. The van der Waals surface area contributed by atoms with Crippen LogP contribution in [0.2, 0.25) is 0 Å². The molecule has 26 heavy (non-hydrogen) atoms. The zero-order valence-electron chi connectivity index (χ0n) is 14.8. The lowest BCUT2D eigenvalue weighted by atomic mass is 9.73. The first kappa shape index (κ1) is 16.7. The number of hydrogen-bond acceptors (Lipinski definition) is 4. The first-order valence-electron chi connectivity index (χ1n) is 8.60. The van der Waals surface area contributed by atoms with Crippen LogP contribution in [0.1, 0.15) is 25.0 Å². The summed E-state index contributed by atoms with van der Waals surface area (Å²) in [4.78, 5) is 2.19. The second-order valence-electron chi connectivity index (χ2n) is 6.94. The highest BCUT2D eigenvalue weighted by Gasteiger charge is 2.36. The average Bonchev–Trinajstić information content (AvgIpc) is 2.62. The molecule has 2 N–H and O–H groups in total. The first-order chi connectivity index (χ1) is 12.5. The predicted molar refractivity (Wildman–Crippen MR) is 104 cm³/mol. The van der Waals surface area contributed by atoms with E-state index < -0.39 is 7.32 Å². The molecule has 3 aromatic carbocycles. The summed E-state index contributed by atoms with van der Waals surface area (Å²) in [5.41, 5.74) is 5.49. The molecule has 130 valence electrons. The van der Waals surface area contributed by atoms with Gasteiger partial charge < -0.3 is 19.6 Å². The highest BCUT2D eigenvalue weighted by molar-refractivity contribution is 6.33. The van der Waals surface area contributed by atoms with Crippen LogP contribution in [-0.2, 0) is 5.41 Å². The van der Waals surface area contributed by atoms with Gasteiger partial charge in [-0.1, -0.05) is 56.3 Å². The van der Waals surface area contributed by atoms with Crippen molar-refractivity contribution in [2.45, 2.75) is 19.3 Å². The maximum Gasteiger partial charge on any atom is 0.707 e. The van der Waals surface area contributed by atoms with Gasteiger partial charge in [-0.15, -0.1) is 0 Å². The van der Waals surface area contributed by atoms with Crippen LogP contribution in [0.5, 0.6) is 5.75 Å². The summed E-state index contributed by atoms with van der Waals surface area (Å²) < 4.78 is 5.05. The average molecular weight is 345 g/mol. The van der Waals surface area contributed by atoms with Gasteiger partial charge in [0, 0.05) is 17.2 Å². The summed E-state index contributed by atoms with van der Waals surface area (Å²) in [5.74, 6) is 0.400. The van der Waals surface area contributed by atoms with E-state index in [4.69, 9.17) is 14.7 Å². The van der Waals surface area contributed by atoms with Crippen molar-refractivity contribution in [3.8, 4) is 5.75 Å². The second kappa shape index (κ2) is 6.20. The van der Waals surface area contributed by atoms with Crippen LogP contribution in [0, 0.1) is 0 Å². The first-order valence-corrected chi connectivity index (χ1v) is 8.60. The Morgan fingerprint density at radius 3 is 1.96 bits per heavy atom. The summed E-state index contributed by atoms with van der Waals surface area (Å²) in [6.07, 6.45) is 0. The van der Waals surface area contributed by atoms with Gasteiger partial charge in [0.15, 0.2) is 0 Å². The van der Waals surface area contributed by atoms with Crippen molar-refractivity contribution in [2.75, 3.05) is 4.90 Å². The van der Waals surface area contributed by atoms with Crippen molar-refractivity contribution in [3.05, 3.63) is 83.9 Å². The van der Waals surface area contributed by atoms with E-state index in [1.165, 1.54) is 11.1 Å². The lowest BCUT2D eigenvalue weighted by molar-refractivity contribution is 0.288. The largest absolute Gasteiger partial charge is 0.707 e. The Hall–Kier alpha value is -2.76. The van der Waals surface area contributed by atoms with E-state index in [-0.39, 0.29) is 5.41 Å². The molecular formula is C21H20BNO3. The van der Waals surface area contributed by atoms with E-state index in [1.54, 1.807) is 6.07 Å². The Morgan fingerprint density at radius 1 is 0.808 bits per heavy atom. The van der Waals surface area contributed by atoms with Crippen molar-refractivity contribution in [3.63, 3.8) is 0 Å². The Balaban J connectivity index is 1.93. The van der Waals surface area contributed by atoms with Gasteiger partial charge >= 0.3 is 7.32 Å². The number of para-hydroxylation sites is 2.